The van der Waals surface area contributed by atoms with Crippen LogP contribution in [0.5, 0.6) is 5.88 Å². The van der Waals surface area contributed by atoms with Gasteiger partial charge < -0.3 is 59.1 Å². The Morgan fingerprint density at radius 1 is 0.819 bits per heavy atom. The number of rotatable bonds is 13. The van der Waals surface area contributed by atoms with Gasteiger partial charge in [0.2, 0.25) is 17.6 Å². The lowest BCUT2D eigenvalue weighted by Crippen LogP contribution is -2.61. The lowest BCUT2D eigenvalue weighted by Gasteiger charge is -2.43. The van der Waals surface area contributed by atoms with E-state index >= 15 is 0 Å². The molecule has 0 spiro atoms. The first-order valence-corrected chi connectivity index (χ1v) is 33.9. The lowest BCUT2D eigenvalue weighted by molar-refractivity contribution is -0.266. The van der Waals surface area contributed by atoms with Crippen molar-refractivity contribution >= 4 is 46.2 Å². The number of esters is 1. The molecule has 3 aromatic rings. The average Bonchev–Trinajstić information content (AvgIpc) is 0.760. The molecule has 3 aromatic heterocycles. The number of hydrogen-bond donors (Lipinski definition) is 4. The minimum atomic E-state index is -2.54. The number of carbonyl (C=O) groups excluding carboxylic acids is 5. The van der Waals surface area contributed by atoms with E-state index in [4.69, 9.17) is 38.9 Å². The molecule has 4 fully saturated rings. The second-order valence-corrected chi connectivity index (χ2v) is 27.3. The molecular weight excluding hydrogens is 1200 g/mol. The summed E-state index contributed by atoms with van der Waals surface area (Å²) in [5, 5.41) is 35.4. The predicted octanol–water partition coefficient (Wildman–Crippen LogP) is 8.82. The third-order valence-electron chi connectivity index (χ3n) is 20.3. The van der Waals surface area contributed by atoms with Gasteiger partial charge >= 0.3 is 5.97 Å². The normalized spacial score (nSPS) is 34.1. The molecule has 0 aromatic carbocycles. The summed E-state index contributed by atoms with van der Waals surface area (Å²) < 4.78 is 44.2. The Bertz CT molecular complexity index is 3300. The lowest BCUT2D eigenvalue weighted by atomic mass is 9.78. The van der Waals surface area contributed by atoms with Gasteiger partial charge in [0.1, 0.15) is 35.8 Å². The van der Waals surface area contributed by atoms with Gasteiger partial charge in [-0.3, -0.25) is 28.5 Å². The number of nitrogen functional groups attached to an aromatic ring is 1. The molecule has 2 bridgehead atoms. The molecule has 1 amide bonds. The number of allylic oxidation sites excluding steroid dienone is 6. The van der Waals surface area contributed by atoms with Crippen LogP contribution in [0.15, 0.2) is 76.8 Å². The Morgan fingerprint density at radius 3 is 2.27 bits per heavy atom. The molecule has 94 heavy (non-hydrogen) atoms. The van der Waals surface area contributed by atoms with Crippen LogP contribution in [0.25, 0.3) is 22.2 Å². The van der Waals surface area contributed by atoms with E-state index in [-0.39, 0.29) is 98.1 Å². The topological polar surface area (TPSA) is 301 Å². The molecule has 5 N–H and O–H groups in total. The molecule has 15 atom stereocenters. The van der Waals surface area contributed by atoms with E-state index in [1.165, 1.54) is 19.1 Å². The Hall–Kier alpha value is -6.37. The Balaban J connectivity index is 1.01. The largest absolute Gasteiger partial charge is 0.481 e. The van der Waals surface area contributed by atoms with Gasteiger partial charge in [0.15, 0.2) is 5.78 Å². The zero-order chi connectivity index (χ0) is 68.1. The first kappa shape index (κ1) is 73.4. The van der Waals surface area contributed by atoms with Crippen molar-refractivity contribution in [2.24, 2.45) is 35.5 Å². The van der Waals surface area contributed by atoms with Crippen LogP contribution in [0, 0.1) is 42.4 Å². The van der Waals surface area contributed by atoms with Crippen LogP contribution >= 0.6 is 0 Å². The van der Waals surface area contributed by atoms with Crippen LogP contribution < -0.4 is 16.0 Å². The zero-order valence-electron chi connectivity index (χ0n) is 56.9. The second-order valence-electron chi connectivity index (χ2n) is 27.3. The number of aromatic nitrogens is 4. The third kappa shape index (κ3) is 18.0. The maximum absolute atomic E-state index is 14.7. The quantitative estimate of drug-likeness (QED) is 0.0537. The molecule has 2 unspecified atom stereocenters. The number of cyclic esters (lactones) is 1. The highest BCUT2D eigenvalue weighted by atomic mass is 16.6. The van der Waals surface area contributed by atoms with E-state index in [0.29, 0.717) is 123 Å². The summed E-state index contributed by atoms with van der Waals surface area (Å²) in [6.45, 7) is 14.9. The summed E-state index contributed by atoms with van der Waals surface area (Å²) in [4.78, 5) is 101. The number of aliphatic hydroxyl groups excluding tert-OH is 2. The van der Waals surface area contributed by atoms with Crippen LogP contribution in [0.2, 0.25) is 0 Å². The van der Waals surface area contributed by atoms with E-state index < -0.39 is 83.9 Å². The van der Waals surface area contributed by atoms with Gasteiger partial charge in [-0.15, -0.1) is 0 Å². The average molecular weight is 1310 g/mol. The van der Waals surface area contributed by atoms with Crippen LogP contribution in [-0.2, 0) is 52.4 Å². The number of Topliss-reactive ketones (excluding diaryl/α,β-unsaturated/α-hetero) is 3. The summed E-state index contributed by atoms with van der Waals surface area (Å²) in [6, 6.07) is 3.91. The molecule has 22 heteroatoms. The number of aryl methyl sites for hydroxylation is 1. The second kappa shape index (κ2) is 33.5. The number of amides is 1. The van der Waals surface area contributed by atoms with Gasteiger partial charge in [-0.1, -0.05) is 71.1 Å². The van der Waals surface area contributed by atoms with E-state index in [2.05, 4.69) is 15.0 Å². The Morgan fingerprint density at radius 2 is 1.56 bits per heavy atom. The van der Waals surface area contributed by atoms with Crippen LogP contribution in [0.1, 0.15) is 163 Å². The standard InChI is InChI=1S/C72H102N6O16/c1-41-17-13-12-14-18-42(2)59(92-32-31-91-52-26-23-51(24-27-52)78-67-54(48(8)75-71(73)76-67)38-55(68(78)84)50-22-29-62(89-10)74-40-50)37-53-25-20-47(7)72(87,94-53)66(83)69(85)77-30-16-15-19-56(77)70(86)93-60(44(4)35-49-21-28-57(79)61(36-49)88-9)39-58(80)43(3)34-46(6)64(82)65(90-11)63(81)45(5)33-41/h12-14,17-18,22,29,34,38,40-41,43-45,47,49,51-53,56-57,59-61,64-65,79,82,87H,15-16,19-21,23-28,30-33,35-37,39H2,1-11H3,(H2,73,75,76)/b14-12+,17-13+,42-18-,46-34+/t41-,43-,44?,45-,47-,49-,51?,52?,53+,56?,57-,59-,60+,61-,64-,65+,72-/m1/s1. The number of nitrogens with zero attached hydrogens (tertiary/aromatic N) is 5. The maximum atomic E-state index is 14.7. The number of ketones is 3. The monoisotopic (exact) mass is 1310 g/mol. The maximum Gasteiger partial charge on any atom is 0.329 e. The minimum Gasteiger partial charge on any atom is -0.481 e. The van der Waals surface area contributed by atoms with E-state index in [1.807, 2.05) is 65.0 Å². The Labute approximate surface area is 553 Å². The van der Waals surface area contributed by atoms with Crippen molar-refractivity contribution in [3.05, 3.63) is 88.0 Å². The van der Waals surface area contributed by atoms with Gasteiger partial charge in [0, 0.05) is 86.2 Å². The number of piperidine rings is 1. The number of aliphatic hydroxyl groups is 3. The summed E-state index contributed by atoms with van der Waals surface area (Å²) in [5.41, 5.74) is 9.34. The number of pyridine rings is 2. The highest BCUT2D eigenvalue weighted by Crippen LogP contribution is 2.39. The molecule has 2 saturated carbocycles. The van der Waals surface area contributed by atoms with E-state index in [9.17, 15) is 44.1 Å². The SMILES string of the molecule is COc1ccc(-c2cc3c(C)nc(N)nc3n(C3CCC(OCCO[C@@H]4C[C@@H]5CC[C@@H](C)[C@@](O)(O5)C(=O)C(=O)N5CCCCC5C(=O)O[C@H](C(C)C[C@H]5CC[C@@H](O)[C@H](OC)C5)CC(=O)[C@H](C)/C=C(\C)[C@@H](O)[C@@H](OC)C(=O)[C@H](C)C[C@H](C)/C=C/C=C/C=C\4C)CC3)c2=O)cn1. The number of methoxy groups -OCH3 is 3. The molecule has 2 saturated heterocycles. The smallest absolute Gasteiger partial charge is 0.329 e. The highest BCUT2D eigenvalue weighted by Gasteiger charge is 2.53. The number of carbonyl (C=O) groups is 5. The van der Waals surface area contributed by atoms with Gasteiger partial charge in [-0.05, 0) is 152 Å². The summed E-state index contributed by atoms with van der Waals surface area (Å²) >= 11 is 0. The molecule has 516 valence electrons. The van der Waals surface area contributed by atoms with Crippen molar-refractivity contribution in [2.75, 3.05) is 46.8 Å². The molecule has 5 aliphatic rings. The van der Waals surface area contributed by atoms with Crippen LogP contribution in [0.4, 0.5) is 5.95 Å². The molecule has 2 aliphatic carbocycles. The van der Waals surface area contributed by atoms with Crippen LogP contribution in [-0.4, -0.2) is 171 Å². The Kier molecular flexibility index (Phi) is 26.2. The third-order valence-corrected chi connectivity index (χ3v) is 20.3. The fourth-order valence-electron chi connectivity index (χ4n) is 14.5. The van der Waals surface area contributed by atoms with E-state index in [1.54, 1.807) is 62.9 Å². The fourth-order valence-corrected chi connectivity index (χ4v) is 14.5. The molecule has 3 aliphatic heterocycles. The van der Waals surface area contributed by atoms with Gasteiger partial charge in [0.25, 0.3) is 17.2 Å². The van der Waals surface area contributed by atoms with Crippen molar-refractivity contribution < 1.29 is 72.5 Å². The van der Waals surface area contributed by atoms with Crippen molar-refractivity contribution in [3.63, 3.8) is 0 Å². The molecule has 22 nitrogen and oxygen atoms in total. The van der Waals surface area contributed by atoms with Crippen molar-refractivity contribution in [3.8, 4) is 17.0 Å². The van der Waals surface area contributed by atoms with Gasteiger partial charge in [-0.25, -0.2) is 14.8 Å². The van der Waals surface area contributed by atoms with Gasteiger partial charge in [0.05, 0.1) is 56.5 Å². The number of hydrogen-bond acceptors (Lipinski definition) is 20. The van der Waals surface area contributed by atoms with Crippen molar-refractivity contribution in [1.82, 2.24) is 24.4 Å². The first-order chi connectivity index (χ1) is 44.8. The summed E-state index contributed by atoms with van der Waals surface area (Å²) in [5.74, 6) is -8.07. The zero-order valence-corrected chi connectivity index (χ0v) is 56.9. The number of ether oxygens (including phenoxy) is 7. The van der Waals surface area contributed by atoms with Crippen molar-refractivity contribution in [2.45, 2.75) is 225 Å². The fraction of sp³-hybridized carbons (Fsp3) is 0.653. The molecule has 0 radical (unpaired) electrons. The van der Waals surface area contributed by atoms with E-state index in [0.717, 1.165) is 5.57 Å². The molecular formula is C72H102N6O16. The number of anilines is 1. The van der Waals surface area contributed by atoms with Gasteiger partial charge in [-0.2, -0.15) is 4.98 Å². The first-order valence-electron chi connectivity index (χ1n) is 33.9. The predicted molar refractivity (Wildman–Crippen MR) is 354 cm³/mol. The molecule has 6 heterocycles. The van der Waals surface area contributed by atoms with Crippen LogP contribution in [0.3, 0.4) is 0 Å². The van der Waals surface area contributed by atoms with Crippen molar-refractivity contribution in [1.29, 1.82) is 0 Å². The highest BCUT2D eigenvalue weighted by molar-refractivity contribution is 6.39. The number of nitrogens with two attached hydrogens (primary N) is 1. The molecule has 8 rings (SSSR count). The number of fused-ring (bicyclic) bond motifs is 4. The summed E-state index contributed by atoms with van der Waals surface area (Å²) in [7, 11) is 4.47. The minimum absolute atomic E-state index is 0.0393. The summed E-state index contributed by atoms with van der Waals surface area (Å²) in [6.07, 6.45) is 14.1.